The van der Waals surface area contributed by atoms with Crippen LogP contribution in [0.5, 0.6) is 0 Å². The van der Waals surface area contributed by atoms with Crippen molar-refractivity contribution in [3.05, 3.63) is 120 Å². The average molecular weight is 521 g/mol. The smallest absolute Gasteiger partial charge is 0.0846 e. The number of rotatable bonds is 4. The molecule has 0 aliphatic heterocycles. The molecule has 2 nitrogen and oxygen atoms in total. The molecule has 1 aliphatic rings. The van der Waals surface area contributed by atoms with E-state index in [0.29, 0.717) is 0 Å². The fourth-order valence-corrected chi connectivity index (χ4v) is 6.56. The van der Waals surface area contributed by atoms with E-state index in [2.05, 4.69) is 97.1 Å². The van der Waals surface area contributed by atoms with Crippen LogP contribution >= 0.6 is 0 Å². The van der Waals surface area contributed by atoms with Gasteiger partial charge >= 0.3 is 0 Å². The normalized spacial score (nSPS) is 12.8. The van der Waals surface area contributed by atoms with Gasteiger partial charge in [-0.3, -0.25) is 0 Å². The van der Waals surface area contributed by atoms with E-state index in [1.807, 2.05) is 39.8 Å². The molecule has 7 rings (SSSR count). The quantitative estimate of drug-likeness (QED) is 0.243. The molecule has 0 aromatic heterocycles. The van der Waals surface area contributed by atoms with Crippen LogP contribution in [0, 0.1) is 0 Å². The van der Waals surface area contributed by atoms with Gasteiger partial charge in [0.05, 0.1) is 11.2 Å². The van der Waals surface area contributed by atoms with Gasteiger partial charge in [-0.1, -0.05) is 97.1 Å². The van der Waals surface area contributed by atoms with Crippen LogP contribution in [0.25, 0.3) is 66.1 Å². The van der Waals surface area contributed by atoms with Crippen LogP contribution in [-0.4, -0.2) is 10.2 Å². The summed E-state index contributed by atoms with van der Waals surface area (Å²) in [6, 6.07) is 38.3. The molecule has 0 saturated carbocycles. The Kier molecular flexibility index (Phi) is 5.34. The molecule has 40 heavy (non-hydrogen) atoms. The van der Waals surface area contributed by atoms with E-state index in [-0.39, 0.29) is 0 Å². The lowest BCUT2D eigenvalue weighted by atomic mass is 9.79. The van der Waals surface area contributed by atoms with Crippen LogP contribution in [0.3, 0.4) is 0 Å². The highest BCUT2D eigenvalue weighted by Crippen LogP contribution is 2.51. The Balaban J connectivity index is 1.57. The van der Waals surface area contributed by atoms with Crippen molar-refractivity contribution >= 4 is 21.5 Å². The summed E-state index contributed by atoms with van der Waals surface area (Å²) >= 11 is 0. The number of hydrogen-bond donors (Lipinski definition) is 2. The lowest BCUT2D eigenvalue weighted by Crippen LogP contribution is -2.21. The minimum absolute atomic E-state index is 0.832. The summed E-state index contributed by atoms with van der Waals surface area (Å²) in [6.45, 7) is 7.38. The second kappa shape index (κ2) is 8.63. The number of fused-ring (bicyclic) bond motifs is 4. The zero-order chi connectivity index (χ0) is 27.8. The number of benzene rings is 6. The van der Waals surface area contributed by atoms with E-state index >= 15 is 0 Å². The molecule has 6 aromatic carbocycles. The zero-order valence-corrected chi connectivity index (χ0v) is 23.3. The molecular formula is C38H32O2. The third-order valence-electron chi connectivity index (χ3n) is 8.39. The maximum absolute atomic E-state index is 11.6. The van der Waals surface area contributed by atoms with Crippen molar-refractivity contribution in [3.63, 3.8) is 0 Å². The monoisotopic (exact) mass is 520 g/mol. The Morgan fingerprint density at radius 3 is 1.48 bits per heavy atom. The van der Waals surface area contributed by atoms with Gasteiger partial charge in [-0.05, 0) is 117 Å². The SMILES string of the molecule is CC(C)(O)c1cc(-c2ccc3c4c(cccc24)-c2ccccc2-3)c(C(C)(C)O)cc1-c1cccc2ccccc12. The summed E-state index contributed by atoms with van der Waals surface area (Å²) in [5.41, 5.74) is 8.41. The van der Waals surface area contributed by atoms with Crippen molar-refractivity contribution in [2.75, 3.05) is 0 Å². The molecular weight excluding hydrogens is 488 g/mol. The minimum atomic E-state index is -1.11. The molecule has 0 saturated heterocycles. The second-order valence-corrected chi connectivity index (χ2v) is 12.0. The van der Waals surface area contributed by atoms with Crippen LogP contribution in [0.1, 0.15) is 38.8 Å². The first kappa shape index (κ1) is 24.8. The Morgan fingerprint density at radius 2 is 0.825 bits per heavy atom. The van der Waals surface area contributed by atoms with Crippen molar-refractivity contribution in [1.82, 2.24) is 0 Å². The standard InChI is InChI=1S/C38H32O2/c1-37(2,39)34-22-33(28-19-20-31-27-15-8-7-14-26(27)29-17-10-18-30(28)36(29)31)35(38(3,4)40)21-32(34)25-16-9-12-23-11-5-6-13-24(23)25/h5-22,39-40H,1-4H3. The number of hydrogen-bond acceptors (Lipinski definition) is 2. The average Bonchev–Trinajstić information content (AvgIpc) is 3.27. The molecule has 0 unspecified atom stereocenters. The molecule has 2 heteroatoms. The minimum Gasteiger partial charge on any atom is -0.386 e. The summed E-state index contributed by atoms with van der Waals surface area (Å²) < 4.78 is 0. The highest BCUT2D eigenvalue weighted by atomic mass is 16.3. The van der Waals surface area contributed by atoms with E-state index in [0.717, 1.165) is 49.5 Å². The molecule has 0 radical (unpaired) electrons. The van der Waals surface area contributed by atoms with Gasteiger partial charge in [0.2, 0.25) is 0 Å². The molecule has 6 aromatic rings. The molecule has 2 N–H and O–H groups in total. The summed E-state index contributed by atoms with van der Waals surface area (Å²) in [4.78, 5) is 0. The highest BCUT2D eigenvalue weighted by Gasteiger charge is 2.30. The van der Waals surface area contributed by atoms with Gasteiger partial charge in [-0.15, -0.1) is 0 Å². The van der Waals surface area contributed by atoms with Crippen molar-refractivity contribution in [2.24, 2.45) is 0 Å². The maximum Gasteiger partial charge on any atom is 0.0846 e. The number of aliphatic hydroxyl groups is 2. The lowest BCUT2D eigenvalue weighted by Gasteiger charge is -2.29. The Hall–Kier alpha value is -4.24. The maximum atomic E-state index is 11.6. The third-order valence-corrected chi connectivity index (χ3v) is 8.39. The Bertz CT molecular complexity index is 1930. The van der Waals surface area contributed by atoms with Gasteiger partial charge < -0.3 is 10.2 Å². The molecule has 0 amide bonds. The van der Waals surface area contributed by atoms with Crippen LogP contribution < -0.4 is 0 Å². The molecule has 0 bridgehead atoms. The summed E-state index contributed by atoms with van der Waals surface area (Å²) in [6.07, 6.45) is 0. The van der Waals surface area contributed by atoms with Crippen LogP contribution in [-0.2, 0) is 11.2 Å². The van der Waals surface area contributed by atoms with Crippen LogP contribution in [0.2, 0.25) is 0 Å². The van der Waals surface area contributed by atoms with Crippen molar-refractivity contribution in [1.29, 1.82) is 0 Å². The predicted molar refractivity (Wildman–Crippen MR) is 167 cm³/mol. The van der Waals surface area contributed by atoms with E-state index < -0.39 is 11.2 Å². The zero-order valence-electron chi connectivity index (χ0n) is 23.3. The largest absolute Gasteiger partial charge is 0.386 e. The van der Waals surface area contributed by atoms with Gasteiger partial charge in [-0.2, -0.15) is 0 Å². The molecule has 1 aliphatic carbocycles. The van der Waals surface area contributed by atoms with Gasteiger partial charge in [0, 0.05) is 0 Å². The first-order valence-corrected chi connectivity index (χ1v) is 13.9. The molecule has 196 valence electrons. The van der Waals surface area contributed by atoms with Gasteiger partial charge in [0.25, 0.3) is 0 Å². The van der Waals surface area contributed by atoms with E-state index in [4.69, 9.17) is 0 Å². The van der Waals surface area contributed by atoms with Crippen LogP contribution in [0.4, 0.5) is 0 Å². The molecule has 0 spiro atoms. The lowest BCUT2D eigenvalue weighted by molar-refractivity contribution is 0.0753. The summed E-state index contributed by atoms with van der Waals surface area (Å²) in [5.74, 6) is 0. The van der Waals surface area contributed by atoms with E-state index in [1.54, 1.807) is 0 Å². The van der Waals surface area contributed by atoms with Crippen molar-refractivity contribution in [3.8, 4) is 44.5 Å². The fourth-order valence-electron chi connectivity index (χ4n) is 6.56. The van der Waals surface area contributed by atoms with Gasteiger partial charge in [-0.25, -0.2) is 0 Å². The van der Waals surface area contributed by atoms with Crippen LogP contribution in [0.15, 0.2) is 109 Å². The van der Waals surface area contributed by atoms with Gasteiger partial charge in [0.15, 0.2) is 0 Å². The first-order valence-electron chi connectivity index (χ1n) is 13.9. The van der Waals surface area contributed by atoms with E-state index in [1.165, 1.54) is 27.6 Å². The Labute approximate surface area is 235 Å². The summed E-state index contributed by atoms with van der Waals surface area (Å²) in [5, 5.41) is 27.8. The predicted octanol–water partition coefficient (Wildman–Crippen LogP) is 9.43. The second-order valence-electron chi connectivity index (χ2n) is 12.0. The molecule has 0 fully saturated rings. The van der Waals surface area contributed by atoms with Gasteiger partial charge in [0.1, 0.15) is 0 Å². The fraction of sp³-hybridized carbons (Fsp3) is 0.158. The topological polar surface area (TPSA) is 40.5 Å². The molecule has 0 heterocycles. The highest BCUT2D eigenvalue weighted by molar-refractivity contribution is 6.18. The third kappa shape index (κ3) is 3.71. The van der Waals surface area contributed by atoms with E-state index in [9.17, 15) is 10.2 Å². The van der Waals surface area contributed by atoms with Crippen molar-refractivity contribution < 1.29 is 10.2 Å². The van der Waals surface area contributed by atoms with Crippen molar-refractivity contribution in [2.45, 2.75) is 38.9 Å². The first-order chi connectivity index (χ1) is 19.1. The molecule has 0 atom stereocenters. The Morgan fingerprint density at radius 1 is 0.400 bits per heavy atom. The summed E-state index contributed by atoms with van der Waals surface area (Å²) in [7, 11) is 0.